The van der Waals surface area contributed by atoms with Gasteiger partial charge in [0.15, 0.2) is 17.2 Å². The fourth-order valence-corrected chi connectivity index (χ4v) is 4.64. The summed E-state index contributed by atoms with van der Waals surface area (Å²) in [5, 5.41) is 6.36. The molecular weight excluding hydrogens is 523 g/mol. The van der Waals surface area contributed by atoms with Crippen LogP contribution in [0.4, 0.5) is 10.2 Å². The molecule has 0 unspecified atom stereocenters. The smallest absolute Gasteiger partial charge is 0.399 e. The summed E-state index contributed by atoms with van der Waals surface area (Å²) in [6, 6.07) is 7.77. The average Bonchev–Trinajstić information content (AvgIpc) is 3.52. The molecule has 4 rings (SSSR count). The van der Waals surface area contributed by atoms with Crippen molar-refractivity contribution in [3.05, 3.63) is 60.3 Å². The maximum absolute atomic E-state index is 13.2. The third-order valence-electron chi connectivity index (χ3n) is 5.30. The van der Waals surface area contributed by atoms with Gasteiger partial charge < -0.3 is 28.5 Å². The fourth-order valence-electron chi connectivity index (χ4n) is 3.42. The van der Waals surface area contributed by atoms with Gasteiger partial charge in [-0.05, 0) is 24.1 Å². The van der Waals surface area contributed by atoms with E-state index in [1.807, 2.05) is 6.92 Å². The lowest BCUT2D eigenvalue weighted by atomic mass is 10.2. The third-order valence-corrected chi connectivity index (χ3v) is 6.66. The summed E-state index contributed by atoms with van der Waals surface area (Å²) < 4.78 is 68.6. The molecule has 0 spiro atoms. The molecule has 2 heterocycles. The number of carbonyl (C=O) groups excluding carboxylic acids is 1. The first-order valence-electron chi connectivity index (χ1n) is 11.1. The molecule has 12 nitrogen and oxygen atoms in total. The molecule has 2 aromatic heterocycles. The van der Waals surface area contributed by atoms with Crippen LogP contribution in [0.15, 0.2) is 62.8 Å². The second-order valence-corrected chi connectivity index (χ2v) is 9.41. The van der Waals surface area contributed by atoms with E-state index in [1.54, 1.807) is 12.1 Å². The summed E-state index contributed by atoms with van der Waals surface area (Å²) in [5.74, 6) is -1.49. The van der Waals surface area contributed by atoms with Crippen molar-refractivity contribution in [1.29, 1.82) is 0 Å². The molecule has 1 amide bonds. The van der Waals surface area contributed by atoms with E-state index in [2.05, 4.69) is 26.8 Å². The summed E-state index contributed by atoms with van der Waals surface area (Å²) in [5.41, 5.74) is 0.951. The molecule has 0 aliphatic heterocycles. The molecule has 200 valence electrons. The van der Waals surface area contributed by atoms with Crippen LogP contribution in [0.2, 0.25) is 0 Å². The topological polar surface area (TPSA) is 155 Å². The van der Waals surface area contributed by atoms with Gasteiger partial charge >= 0.3 is 6.08 Å². The highest BCUT2D eigenvalue weighted by atomic mass is 32.2. The number of amides is 1. The Morgan fingerprint density at radius 3 is 2.61 bits per heavy atom. The number of hydrogen-bond donors (Lipinski definition) is 2. The second-order valence-electron chi connectivity index (χ2n) is 7.76. The number of fused-ring (bicyclic) bond motifs is 1. The van der Waals surface area contributed by atoms with Crippen molar-refractivity contribution in [1.82, 2.24) is 15.5 Å². The third kappa shape index (κ3) is 5.54. The number of nitrogens with one attached hydrogen (secondary N) is 2. The van der Waals surface area contributed by atoms with Crippen LogP contribution in [0, 0.1) is 0 Å². The lowest BCUT2D eigenvalue weighted by molar-refractivity contribution is -0.119. The molecule has 0 bridgehead atoms. The Balaban J connectivity index is 1.59. The van der Waals surface area contributed by atoms with Crippen molar-refractivity contribution in [3.8, 4) is 23.3 Å². The van der Waals surface area contributed by atoms with Gasteiger partial charge in [-0.25, -0.2) is 12.8 Å². The standard InChI is InChI=1S/C24H23FN4O8S/c1-5-14-6-7-17(33-3)20(8-14)38(31,32)29-22-21-18(34-4)9-15(10-19(21)37-28-22)35-24-27-12-16(36-24)11-26-23(30)13(2)25/h6-10,12H,2,5,11H2,1,3-4H3,(H,26,30)(H,28,29). The highest BCUT2D eigenvalue weighted by Gasteiger charge is 2.25. The molecule has 4 aromatic rings. The number of aryl methyl sites for hydroxylation is 1. The summed E-state index contributed by atoms with van der Waals surface area (Å²) in [6.45, 7) is 4.67. The largest absolute Gasteiger partial charge is 0.496 e. The van der Waals surface area contributed by atoms with Crippen LogP contribution in [0.5, 0.6) is 23.3 Å². The number of anilines is 1. The molecule has 0 saturated carbocycles. The van der Waals surface area contributed by atoms with E-state index < -0.39 is 21.8 Å². The van der Waals surface area contributed by atoms with Gasteiger partial charge in [0.05, 0.1) is 27.0 Å². The average molecular weight is 547 g/mol. The number of methoxy groups -OCH3 is 2. The first-order valence-corrected chi connectivity index (χ1v) is 12.6. The van der Waals surface area contributed by atoms with E-state index >= 15 is 0 Å². The van der Waals surface area contributed by atoms with Crippen LogP contribution in [-0.4, -0.2) is 38.7 Å². The Hall–Kier alpha value is -4.59. The molecule has 38 heavy (non-hydrogen) atoms. The molecule has 0 fully saturated rings. The lowest BCUT2D eigenvalue weighted by Gasteiger charge is -2.12. The maximum Gasteiger partial charge on any atom is 0.399 e. The predicted molar refractivity (Wildman–Crippen MR) is 132 cm³/mol. The predicted octanol–water partition coefficient (Wildman–Crippen LogP) is 4.09. The molecule has 0 radical (unpaired) electrons. The number of nitrogens with zero attached hydrogens (tertiary/aromatic N) is 2. The van der Waals surface area contributed by atoms with Crippen LogP contribution in [0.25, 0.3) is 11.0 Å². The van der Waals surface area contributed by atoms with E-state index in [0.29, 0.717) is 6.42 Å². The van der Waals surface area contributed by atoms with Gasteiger partial charge in [-0.15, -0.1) is 0 Å². The summed E-state index contributed by atoms with van der Waals surface area (Å²) in [6.07, 6.45) is 1.73. The van der Waals surface area contributed by atoms with E-state index in [9.17, 15) is 17.6 Å². The minimum atomic E-state index is -4.12. The number of hydrogen-bond acceptors (Lipinski definition) is 10. The Kier molecular flexibility index (Phi) is 7.52. The van der Waals surface area contributed by atoms with Crippen LogP contribution in [0.1, 0.15) is 18.2 Å². The van der Waals surface area contributed by atoms with Crippen LogP contribution < -0.4 is 24.2 Å². The summed E-state index contributed by atoms with van der Waals surface area (Å²) in [4.78, 5) is 15.2. The number of rotatable bonds is 11. The molecule has 2 N–H and O–H groups in total. The zero-order valence-corrected chi connectivity index (χ0v) is 21.3. The van der Waals surface area contributed by atoms with Crippen LogP contribution in [-0.2, 0) is 27.8 Å². The molecule has 0 saturated heterocycles. The molecule has 0 aliphatic rings. The maximum atomic E-state index is 13.2. The van der Waals surface area contributed by atoms with Gasteiger partial charge in [0.2, 0.25) is 0 Å². The Labute approximate surface area is 216 Å². The van der Waals surface area contributed by atoms with E-state index in [-0.39, 0.29) is 57.3 Å². The molecule has 0 atom stereocenters. The van der Waals surface area contributed by atoms with Gasteiger partial charge in [-0.2, -0.15) is 4.98 Å². The molecular formula is C24H23FN4O8S. The minimum Gasteiger partial charge on any atom is -0.496 e. The highest BCUT2D eigenvalue weighted by molar-refractivity contribution is 7.92. The Morgan fingerprint density at radius 1 is 1.16 bits per heavy atom. The van der Waals surface area contributed by atoms with E-state index in [1.165, 1.54) is 38.6 Å². The number of carbonyl (C=O) groups is 1. The number of benzene rings is 2. The van der Waals surface area contributed by atoms with Crippen molar-refractivity contribution >= 4 is 32.7 Å². The first-order chi connectivity index (χ1) is 18.1. The normalized spacial score (nSPS) is 11.3. The van der Waals surface area contributed by atoms with Crippen molar-refractivity contribution in [2.24, 2.45) is 0 Å². The van der Waals surface area contributed by atoms with Crippen molar-refractivity contribution in [2.45, 2.75) is 24.8 Å². The van der Waals surface area contributed by atoms with Crippen molar-refractivity contribution in [2.75, 3.05) is 18.9 Å². The summed E-state index contributed by atoms with van der Waals surface area (Å²) in [7, 11) is -1.36. The van der Waals surface area contributed by atoms with Gasteiger partial charge in [0.25, 0.3) is 15.9 Å². The number of ether oxygens (including phenoxy) is 3. The van der Waals surface area contributed by atoms with Crippen LogP contribution >= 0.6 is 0 Å². The number of oxazole rings is 1. The van der Waals surface area contributed by atoms with Gasteiger partial charge in [-0.3, -0.25) is 9.52 Å². The van der Waals surface area contributed by atoms with Gasteiger partial charge in [-0.1, -0.05) is 24.7 Å². The Morgan fingerprint density at radius 2 is 1.92 bits per heavy atom. The second kappa shape index (κ2) is 10.8. The first kappa shape index (κ1) is 26.5. The fraction of sp³-hybridized carbons (Fsp3) is 0.208. The van der Waals surface area contributed by atoms with E-state index in [0.717, 1.165) is 5.56 Å². The van der Waals surface area contributed by atoms with Gasteiger partial charge in [0.1, 0.15) is 33.3 Å². The van der Waals surface area contributed by atoms with Crippen molar-refractivity contribution < 1.29 is 40.8 Å². The minimum absolute atomic E-state index is 0.0545. The van der Waals surface area contributed by atoms with E-state index in [4.69, 9.17) is 23.2 Å². The van der Waals surface area contributed by atoms with Gasteiger partial charge in [0, 0.05) is 12.1 Å². The van der Waals surface area contributed by atoms with Crippen molar-refractivity contribution in [3.63, 3.8) is 0 Å². The van der Waals surface area contributed by atoms with Crippen LogP contribution in [0.3, 0.4) is 0 Å². The zero-order chi connectivity index (χ0) is 27.4. The molecule has 0 aliphatic carbocycles. The monoisotopic (exact) mass is 546 g/mol. The number of sulfonamides is 1. The molecule has 2 aromatic carbocycles. The molecule has 14 heteroatoms. The Bertz CT molecular complexity index is 1610. The highest BCUT2D eigenvalue weighted by Crippen LogP contribution is 2.38. The number of aromatic nitrogens is 2. The summed E-state index contributed by atoms with van der Waals surface area (Å²) >= 11 is 0. The SMILES string of the molecule is C=C(F)C(=O)NCc1cnc(Oc2cc(OC)c3c(NS(=O)(=O)c4cc(CC)ccc4OC)noc3c2)o1. The lowest BCUT2D eigenvalue weighted by Crippen LogP contribution is -2.22. The number of halogens is 1. The zero-order valence-electron chi connectivity index (χ0n) is 20.5. The quantitative estimate of drug-likeness (QED) is 0.263.